The molecule has 0 saturated carbocycles. The summed E-state index contributed by atoms with van der Waals surface area (Å²) in [6.45, 7) is 0. The molecule has 0 fully saturated rings. The van der Waals surface area contributed by atoms with Gasteiger partial charge in [0.1, 0.15) is 5.52 Å². The van der Waals surface area contributed by atoms with Crippen LogP contribution >= 0.6 is 0 Å². The van der Waals surface area contributed by atoms with Gasteiger partial charge in [0, 0.05) is 17.7 Å². The minimum Gasteiger partial charge on any atom is -0.436 e. The van der Waals surface area contributed by atoms with E-state index in [4.69, 9.17) is 4.42 Å². The van der Waals surface area contributed by atoms with E-state index in [1.54, 1.807) is 0 Å². The highest BCUT2D eigenvalue weighted by Gasteiger charge is 2.15. The molecule has 0 aliphatic rings. The fourth-order valence-electron chi connectivity index (χ4n) is 1.79. The SMILES string of the molecule is O=[N+]([O-])c1ccc(-c2nc3c(F)c(F)ccc3o2)cc1. The molecule has 0 bridgehead atoms. The van der Waals surface area contributed by atoms with E-state index >= 15 is 0 Å². The first-order valence-electron chi connectivity index (χ1n) is 5.55. The molecular weight excluding hydrogens is 270 g/mol. The molecule has 5 nitrogen and oxygen atoms in total. The maximum Gasteiger partial charge on any atom is 0.269 e. The smallest absolute Gasteiger partial charge is 0.269 e. The number of halogens is 2. The Kier molecular flexibility index (Phi) is 2.67. The number of hydrogen-bond donors (Lipinski definition) is 0. The average molecular weight is 276 g/mol. The highest BCUT2D eigenvalue weighted by Crippen LogP contribution is 2.27. The van der Waals surface area contributed by atoms with Gasteiger partial charge in [-0.1, -0.05) is 0 Å². The van der Waals surface area contributed by atoms with Gasteiger partial charge in [0.15, 0.2) is 17.2 Å². The number of rotatable bonds is 2. The van der Waals surface area contributed by atoms with Crippen LogP contribution in [-0.4, -0.2) is 9.91 Å². The van der Waals surface area contributed by atoms with E-state index in [1.807, 2.05) is 0 Å². The Morgan fingerprint density at radius 1 is 1.10 bits per heavy atom. The molecule has 2 aromatic carbocycles. The number of fused-ring (bicyclic) bond motifs is 1. The van der Waals surface area contributed by atoms with Gasteiger partial charge in [0.2, 0.25) is 5.89 Å². The normalized spacial score (nSPS) is 10.9. The molecule has 0 radical (unpaired) electrons. The van der Waals surface area contributed by atoms with Crippen LogP contribution in [0.5, 0.6) is 0 Å². The lowest BCUT2D eigenvalue weighted by Crippen LogP contribution is -1.87. The van der Waals surface area contributed by atoms with Gasteiger partial charge in [0.05, 0.1) is 4.92 Å². The molecule has 0 aliphatic heterocycles. The highest BCUT2D eigenvalue weighted by molar-refractivity contribution is 5.77. The van der Waals surface area contributed by atoms with Crippen molar-refractivity contribution in [1.82, 2.24) is 4.98 Å². The van der Waals surface area contributed by atoms with Crippen LogP contribution in [0.15, 0.2) is 40.8 Å². The third kappa shape index (κ3) is 1.89. The van der Waals surface area contributed by atoms with Crippen LogP contribution in [0.25, 0.3) is 22.6 Å². The van der Waals surface area contributed by atoms with Crippen molar-refractivity contribution in [3.63, 3.8) is 0 Å². The molecule has 3 aromatic rings. The summed E-state index contributed by atoms with van der Waals surface area (Å²) in [6.07, 6.45) is 0. The van der Waals surface area contributed by atoms with Crippen LogP contribution in [0, 0.1) is 21.7 Å². The number of aromatic nitrogens is 1. The fourth-order valence-corrected chi connectivity index (χ4v) is 1.79. The maximum absolute atomic E-state index is 13.5. The number of benzene rings is 2. The zero-order valence-corrected chi connectivity index (χ0v) is 9.84. The van der Waals surface area contributed by atoms with Gasteiger partial charge in [-0.25, -0.2) is 13.8 Å². The number of nitro groups is 1. The number of oxazole rings is 1. The zero-order valence-electron chi connectivity index (χ0n) is 9.84. The summed E-state index contributed by atoms with van der Waals surface area (Å²) in [5, 5.41) is 10.5. The Bertz CT molecular complexity index is 812. The van der Waals surface area contributed by atoms with Crippen molar-refractivity contribution >= 4 is 16.8 Å². The van der Waals surface area contributed by atoms with Crippen LogP contribution in [0.2, 0.25) is 0 Å². The summed E-state index contributed by atoms with van der Waals surface area (Å²) >= 11 is 0. The van der Waals surface area contributed by atoms with Crippen LogP contribution in [0.3, 0.4) is 0 Å². The Balaban J connectivity index is 2.10. The Morgan fingerprint density at radius 3 is 2.45 bits per heavy atom. The van der Waals surface area contributed by atoms with Crippen molar-refractivity contribution in [2.24, 2.45) is 0 Å². The third-order valence-electron chi connectivity index (χ3n) is 2.78. The molecule has 1 heterocycles. The van der Waals surface area contributed by atoms with Gasteiger partial charge < -0.3 is 4.42 Å². The lowest BCUT2D eigenvalue weighted by atomic mass is 10.2. The quantitative estimate of drug-likeness (QED) is 0.528. The number of nitrogens with zero attached hydrogens (tertiary/aromatic N) is 2. The molecule has 0 spiro atoms. The summed E-state index contributed by atoms with van der Waals surface area (Å²) in [7, 11) is 0. The fraction of sp³-hybridized carbons (Fsp3) is 0. The van der Waals surface area contributed by atoms with E-state index < -0.39 is 16.6 Å². The molecule has 0 atom stereocenters. The molecule has 0 aliphatic carbocycles. The summed E-state index contributed by atoms with van der Waals surface area (Å²) in [5.74, 6) is -2.03. The number of nitro benzene ring substituents is 1. The van der Waals surface area contributed by atoms with E-state index in [2.05, 4.69) is 4.98 Å². The Morgan fingerprint density at radius 2 is 1.80 bits per heavy atom. The average Bonchev–Trinajstić information content (AvgIpc) is 2.88. The Hall–Kier alpha value is -2.83. The van der Waals surface area contributed by atoms with Crippen molar-refractivity contribution in [3.8, 4) is 11.5 Å². The van der Waals surface area contributed by atoms with Gasteiger partial charge in [-0.2, -0.15) is 0 Å². The van der Waals surface area contributed by atoms with Crippen molar-refractivity contribution in [1.29, 1.82) is 0 Å². The molecule has 100 valence electrons. The summed E-state index contributed by atoms with van der Waals surface area (Å²) in [6, 6.07) is 7.63. The molecular formula is C13H6F2N2O3. The molecule has 7 heteroatoms. The van der Waals surface area contributed by atoms with Crippen molar-refractivity contribution in [3.05, 3.63) is 58.1 Å². The van der Waals surface area contributed by atoms with E-state index in [9.17, 15) is 18.9 Å². The minimum absolute atomic E-state index is 0.0689. The predicted octanol–water partition coefficient (Wildman–Crippen LogP) is 3.68. The Labute approximate surface area is 110 Å². The molecule has 20 heavy (non-hydrogen) atoms. The van der Waals surface area contributed by atoms with E-state index in [-0.39, 0.29) is 22.7 Å². The third-order valence-corrected chi connectivity index (χ3v) is 2.78. The van der Waals surface area contributed by atoms with Crippen LogP contribution in [0.1, 0.15) is 0 Å². The standard InChI is InChI=1S/C13H6F2N2O3/c14-9-5-6-10-12(11(9)15)16-13(20-10)7-1-3-8(4-2-7)17(18)19/h1-6H. The first-order valence-corrected chi connectivity index (χ1v) is 5.55. The molecule has 0 amide bonds. The minimum atomic E-state index is -1.08. The lowest BCUT2D eigenvalue weighted by molar-refractivity contribution is -0.384. The molecule has 0 saturated heterocycles. The maximum atomic E-state index is 13.5. The monoisotopic (exact) mass is 276 g/mol. The van der Waals surface area contributed by atoms with Crippen LogP contribution < -0.4 is 0 Å². The first-order chi connectivity index (χ1) is 9.56. The highest BCUT2D eigenvalue weighted by atomic mass is 19.2. The second kappa shape index (κ2) is 4.37. The van der Waals surface area contributed by atoms with Crippen LogP contribution in [0.4, 0.5) is 14.5 Å². The topological polar surface area (TPSA) is 69.2 Å². The van der Waals surface area contributed by atoms with Gasteiger partial charge in [-0.15, -0.1) is 0 Å². The van der Waals surface area contributed by atoms with Gasteiger partial charge in [-0.05, 0) is 24.3 Å². The largest absolute Gasteiger partial charge is 0.436 e. The second-order valence-corrected chi connectivity index (χ2v) is 4.03. The summed E-state index contributed by atoms with van der Waals surface area (Å²) in [4.78, 5) is 13.9. The van der Waals surface area contributed by atoms with E-state index in [0.717, 1.165) is 6.07 Å². The van der Waals surface area contributed by atoms with Crippen molar-refractivity contribution in [2.75, 3.05) is 0 Å². The molecule has 0 unspecified atom stereocenters. The van der Waals surface area contributed by atoms with Crippen molar-refractivity contribution < 1.29 is 18.1 Å². The zero-order chi connectivity index (χ0) is 14.3. The molecule has 1 aromatic heterocycles. The number of hydrogen-bond acceptors (Lipinski definition) is 4. The summed E-state index contributed by atoms with van der Waals surface area (Å²) in [5.41, 5.74) is 0.254. The van der Waals surface area contributed by atoms with Gasteiger partial charge >= 0.3 is 0 Å². The van der Waals surface area contributed by atoms with Crippen molar-refractivity contribution in [2.45, 2.75) is 0 Å². The predicted molar refractivity (Wildman–Crippen MR) is 66.0 cm³/mol. The van der Waals surface area contributed by atoms with Gasteiger partial charge in [0.25, 0.3) is 5.69 Å². The van der Waals surface area contributed by atoms with Crippen LogP contribution in [-0.2, 0) is 0 Å². The molecule has 0 N–H and O–H groups in total. The molecule has 3 rings (SSSR count). The van der Waals surface area contributed by atoms with E-state index in [0.29, 0.717) is 5.56 Å². The van der Waals surface area contributed by atoms with Gasteiger partial charge in [-0.3, -0.25) is 10.1 Å². The summed E-state index contributed by atoms with van der Waals surface area (Å²) < 4.78 is 31.9. The first kappa shape index (κ1) is 12.2. The number of non-ortho nitro benzene ring substituents is 1. The van der Waals surface area contributed by atoms with E-state index in [1.165, 1.54) is 30.3 Å². The second-order valence-electron chi connectivity index (χ2n) is 4.03. The lowest BCUT2D eigenvalue weighted by Gasteiger charge is -1.94.